The molecule has 2 aliphatic heterocycles. The van der Waals surface area contributed by atoms with Gasteiger partial charge in [0.1, 0.15) is 39.3 Å². The Morgan fingerprint density at radius 3 is 2.44 bits per heavy atom. The van der Waals surface area contributed by atoms with Crippen LogP contribution < -0.4 is 24.7 Å². The van der Waals surface area contributed by atoms with Crippen molar-refractivity contribution in [2.75, 3.05) is 33.0 Å². The molecule has 32 heavy (non-hydrogen) atoms. The highest BCUT2D eigenvalue weighted by atomic mass is 16.7. The number of ether oxygens (including phenoxy) is 2. The van der Waals surface area contributed by atoms with Gasteiger partial charge in [-0.3, -0.25) is 9.59 Å². The van der Waals surface area contributed by atoms with Crippen LogP contribution in [0.3, 0.4) is 0 Å². The van der Waals surface area contributed by atoms with Crippen LogP contribution in [0, 0.1) is 6.92 Å². The van der Waals surface area contributed by atoms with Gasteiger partial charge in [0.25, 0.3) is 0 Å². The summed E-state index contributed by atoms with van der Waals surface area (Å²) in [4.78, 5) is 31.3. The third-order valence-electron chi connectivity index (χ3n) is 6.70. The molecule has 2 aliphatic rings. The molecule has 0 amide bonds. The van der Waals surface area contributed by atoms with Gasteiger partial charge in [-0.15, -0.1) is 0 Å². The van der Waals surface area contributed by atoms with Gasteiger partial charge in [0.15, 0.2) is 22.7 Å². The molecule has 7 nitrogen and oxygen atoms in total. The number of aromatic amines is 1. The Morgan fingerprint density at radius 2 is 1.69 bits per heavy atom. The van der Waals surface area contributed by atoms with E-state index in [1.54, 1.807) is 17.0 Å². The molecule has 0 unspecified atom stereocenters. The molecule has 3 N–H and O–H groups in total. The molecule has 1 saturated heterocycles. The second-order valence-corrected chi connectivity index (χ2v) is 8.92. The largest absolute Gasteiger partial charge is 0.454 e. The van der Waals surface area contributed by atoms with Crippen LogP contribution in [0.5, 0.6) is 11.5 Å². The number of rotatable bonds is 5. The minimum absolute atomic E-state index is 0.0272. The lowest BCUT2D eigenvalue weighted by Gasteiger charge is -2.30. The maximum atomic E-state index is 13.2. The van der Waals surface area contributed by atoms with E-state index in [0.29, 0.717) is 24.3 Å². The van der Waals surface area contributed by atoms with Gasteiger partial charge in [0.2, 0.25) is 6.79 Å². The number of carbonyl (C=O) groups is 1. The summed E-state index contributed by atoms with van der Waals surface area (Å²) < 4.78 is 10.9. The third-order valence-corrected chi connectivity index (χ3v) is 6.70. The fourth-order valence-electron chi connectivity index (χ4n) is 4.78. The topological polar surface area (TPSA) is 77.3 Å². The lowest BCUT2D eigenvalue weighted by molar-refractivity contribution is -1.02. The number of quaternary nitrogens is 2. The molecule has 7 heteroatoms. The van der Waals surface area contributed by atoms with Gasteiger partial charge in [0.05, 0.1) is 5.56 Å². The van der Waals surface area contributed by atoms with Crippen LogP contribution in [0.25, 0.3) is 10.9 Å². The van der Waals surface area contributed by atoms with Crippen molar-refractivity contribution in [3.05, 3.63) is 69.0 Å². The smallest absolute Gasteiger partial charge is 0.231 e. The van der Waals surface area contributed by atoms with E-state index in [2.05, 4.69) is 17.1 Å². The molecule has 2 aromatic carbocycles. The van der Waals surface area contributed by atoms with E-state index in [0.717, 1.165) is 61.0 Å². The van der Waals surface area contributed by atoms with Gasteiger partial charge in [-0.1, -0.05) is 0 Å². The third kappa shape index (κ3) is 4.01. The van der Waals surface area contributed by atoms with E-state index in [9.17, 15) is 9.59 Å². The van der Waals surface area contributed by atoms with Crippen molar-refractivity contribution in [1.29, 1.82) is 0 Å². The minimum Gasteiger partial charge on any atom is -0.454 e. The number of carbonyl (C=O) groups excluding carboxylic acids is 1. The first-order valence-electron chi connectivity index (χ1n) is 11.2. The summed E-state index contributed by atoms with van der Waals surface area (Å²) in [6, 6.07) is 11.5. The Bertz CT molecular complexity index is 1240. The molecular weight excluding hydrogens is 406 g/mol. The van der Waals surface area contributed by atoms with Crippen LogP contribution in [-0.2, 0) is 13.1 Å². The molecule has 5 rings (SSSR count). The first-order valence-corrected chi connectivity index (χ1v) is 11.2. The maximum Gasteiger partial charge on any atom is 0.231 e. The number of aryl methyl sites for hydroxylation is 1. The quantitative estimate of drug-likeness (QED) is 0.503. The SMILES string of the molecule is CC(=O)c1ccc2[nH]c(C)c(C[NH+]3CC[NH+](Cc4ccc5c(c4)OCO5)CC3)c(=O)c2c1. The predicted molar refractivity (Wildman–Crippen MR) is 121 cm³/mol. The summed E-state index contributed by atoms with van der Waals surface area (Å²) in [6.07, 6.45) is 0. The molecular formula is C25H29N3O4+2. The monoisotopic (exact) mass is 435 g/mol. The normalized spacial score (nSPS) is 19.9. The summed E-state index contributed by atoms with van der Waals surface area (Å²) in [5.41, 5.74) is 4.41. The lowest BCUT2D eigenvalue weighted by Crippen LogP contribution is -3.27. The van der Waals surface area contributed by atoms with Crippen molar-refractivity contribution < 1.29 is 24.1 Å². The number of H-pyrrole nitrogens is 1. The summed E-state index contributed by atoms with van der Waals surface area (Å²) in [5, 5.41) is 0.602. The van der Waals surface area contributed by atoms with E-state index >= 15 is 0 Å². The van der Waals surface area contributed by atoms with E-state index in [1.165, 1.54) is 17.4 Å². The van der Waals surface area contributed by atoms with E-state index in [4.69, 9.17) is 9.47 Å². The Morgan fingerprint density at radius 1 is 0.969 bits per heavy atom. The number of benzene rings is 2. The van der Waals surface area contributed by atoms with Crippen LogP contribution >= 0.6 is 0 Å². The van der Waals surface area contributed by atoms with Crippen LogP contribution in [0.15, 0.2) is 41.2 Å². The highest BCUT2D eigenvalue weighted by molar-refractivity contribution is 5.97. The zero-order chi connectivity index (χ0) is 22.2. The van der Waals surface area contributed by atoms with Crippen molar-refractivity contribution in [3.8, 4) is 11.5 Å². The molecule has 1 aromatic heterocycles. The number of pyridine rings is 1. The maximum absolute atomic E-state index is 13.2. The Balaban J connectivity index is 1.26. The molecule has 166 valence electrons. The zero-order valence-electron chi connectivity index (χ0n) is 18.5. The molecule has 0 spiro atoms. The number of Topliss-reactive ketones (excluding diaryl/α,β-unsaturated/α-hetero) is 1. The van der Waals surface area contributed by atoms with Crippen molar-refractivity contribution in [1.82, 2.24) is 4.98 Å². The van der Waals surface area contributed by atoms with Gasteiger partial charge in [0, 0.05) is 27.7 Å². The Kier molecular flexibility index (Phi) is 5.45. The number of fused-ring (bicyclic) bond motifs is 2. The summed E-state index contributed by atoms with van der Waals surface area (Å²) in [6.45, 7) is 9.62. The van der Waals surface area contributed by atoms with Gasteiger partial charge in [-0.2, -0.15) is 0 Å². The highest BCUT2D eigenvalue weighted by Gasteiger charge is 2.26. The minimum atomic E-state index is -0.0272. The van der Waals surface area contributed by atoms with Crippen LogP contribution in [0.4, 0.5) is 0 Å². The second kappa shape index (κ2) is 8.41. The van der Waals surface area contributed by atoms with Crippen molar-refractivity contribution >= 4 is 16.7 Å². The fourth-order valence-corrected chi connectivity index (χ4v) is 4.78. The standard InChI is InChI=1S/C25H27N3O4/c1-16-21(25(30)20-12-19(17(2)29)4-5-22(20)26-16)14-28-9-7-27(8-10-28)13-18-3-6-23-24(11-18)32-15-31-23/h3-6,11-12H,7-10,13-15H2,1-2H3,(H,26,30)/p+2. The first kappa shape index (κ1) is 20.7. The second-order valence-electron chi connectivity index (χ2n) is 8.92. The van der Waals surface area contributed by atoms with Gasteiger partial charge in [-0.25, -0.2) is 0 Å². The number of ketones is 1. The van der Waals surface area contributed by atoms with E-state index in [1.807, 2.05) is 19.1 Å². The average molecular weight is 436 g/mol. The summed E-state index contributed by atoms with van der Waals surface area (Å²) in [7, 11) is 0. The number of nitrogens with one attached hydrogen (secondary N) is 3. The van der Waals surface area contributed by atoms with Crippen LogP contribution in [0.1, 0.15) is 34.1 Å². The average Bonchev–Trinajstić information content (AvgIpc) is 3.25. The molecule has 3 heterocycles. The predicted octanol–water partition coefficient (Wildman–Crippen LogP) is 0.251. The fraction of sp³-hybridized carbons (Fsp3) is 0.360. The van der Waals surface area contributed by atoms with Gasteiger partial charge >= 0.3 is 0 Å². The molecule has 0 saturated carbocycles. The van der Waals surface area contributed by atoms with E-state index < -0.39 is 0 Å². The molecule has 3 aromatic rings. The zero-order valence-corrected chi connectivity index (χ0v) is 18.5. The summed E-state index contributed by atoms with van der Waals surface area (Å²) in [5.74, 6) is 1.63. The lowest BCUT2D eigenvalue weighted by atomic mass is 10.0. The first-order chi connectivity index (χ1) is 15.5. The number of piperazine rings is 1. The molecule has 0 bridgehead atoms. The molecule has 1 fully saturated rings. The number of aromatic nitrogens is 1. The van der Waals surface area contributed by atoms with Crippen molar-refractivity contribution in [2.24, 2.45) is 0 Å². The number of hydrogen-bond donors (Lipinski definition) is 3. The molecule has 0 radical (unpaired) electrons. The van der Waals surface area contributed by atoms with Crippen molar-refractivity contribution in [3.63, 3.8) is 0 Å². The van der Waals surface area contributed by atoms with Crippen molar-refractivity contribution in [2.45, 2.75) is 26.9 Å². The highest BCUT2D eigenvalue weighted by Crippen LogP contribution is 2.32. The molecule has 0 aliphatic carbocycles. The Labute approximate surface area is 186 Å². The van der Waals surface area contributed by atoms with Crippen LogP contribution in [-0.4, -0.2) is 43.7 Å². The number of hydrogen-bond acceptors (Lipinski definition) is 4. The molecule has 0 atom stereocenters. The van der Waals surface area contributed by atoms with Gasteiger partial charge in [-0.05, 0) is 50.2 Å². The summed E-state index contributed by atoms with van der Waals surface area (Å²) >= 11 is 0. The van der Waals surface area contributed by atoms with Gasteiger partial charge < -0.3 is 24.3 Å². The van der Waals surface area contributed by atoms with Crippen LogP contribution in [0.2, 0.25) is 0 Å². The van der Waals surface area contributed by atoms with E-state index in [-0.39, 0.29) is 11.2 Å². The Hall–Kier alpha value is -3.16.